The van der Waals surface area contributed by atoms with Gasteiger partial charge in [0, 0.05) is 42.4 Å². The number of amides is 1. The van der Waals surface area contributed by atoms with E-state index in [0.717, 1.165) is 12.0 Å². The highest BCUT2D eigenvalue weighted by Gasteiger charge is 2.21. The fourth-order valence-electron chi connectivity index (χ4n) is 3.41. The zero-order valence-corrected chi connectivity index (χ0v) is 14.6. The Morgan fingerprint density at radius 1 is 1.19 bits per heavy atom. The predicted molar refractivity (Wildman–Crippen MR) is 98.0 cm³/mol. The fraction of sp³-hybridized carbons (Fsp3) is 0.250. The number of carbonyl (C=O) groups excluding carboxylic acids is 1. The SMILES string of the molecule is O=C(C=Cc1cc([N+](=O)[O-])cc2c1OCOC2)N1CCc2ccccc2C1. The molecule has 2 heterocycles. The number of hydrogen-bond donors (Lipinski definition) is 0. The molecule has 7 heteroatoms. The quantitative estimate of drug-likeness (QED) is 0.474. The molecule has 2 aliphatic rings. The van der Waals surface area contributed by atoms with Gasteiger partial charge in [-0.25, -0.2) is 0 Å². The Balaban J connectivity index is 1.57. The monoisotopic (exact) mass is 366 g/mol. The fourth-order valence-corrected chi connectivity index (χ4v) is 3.41. The maximum Gasteiger partial charge on any atom is 0.270 e. The molecule has 0 saturated carbocycles. The van der Waals surface area contributed by atoms with E-state index in [-0.39, 0.29) is 25.0 Å². The molecule has 0 unspecified atom stereocenters. The number of ether oxygens (including phenoxy) is 2. The summed E-state index contributed by atoms with van der Waals surface area (Å²) < 4.78 is 10.7. The first kappa shape index (κ1) is 17.2. The molecule has 1 amide bonds. The van der Waals surface area contributed by atoms with Crippen LogP contribution in [0.25, 0.3) is 6.08 Å². The lowest BCUT2D eigenvalue weighted by molar-refractivity contribution is -0.385. The number of rotatable bonds is 3. The molecule has 2 aromatic carbocycles. The molecule has 0 N–H and O–H groups in total. The summed E-state index contributed by atoms with van der Waals surface area (Å²) in [5.74, 6) is 0.400. The van der Waals surface area contributed by atoms with Crippen molar-refractivity contribution < 1.29 is 19.2 Å². The number of carbonyl (C=O) groups is 1. The molecule has 0 atom stereocenters. The Hall–Kier alpha value is -3.19. The summed E-state index contributed by atoms with van der Waals surface area (Å²) in [6.07, 6.45) is 3.86. The highest BCUT2D eigenvalue weighted by Crippen LogP contribution is 2.33. The van der Waals surface area contributed by atoms with E-state index in [0.29, 0.717) is 30.0 Å². The molecule has 0 aromatic heterocycles. The summed E-state index contributed by atoms with van der Waals surface area (Å²) in [5.41, 5.74) is 3.48. The Morgan fingerprint density at radius 2 is 2.00 bits per heavy atom. The first-order chi connectivity index (χ1) is 13.1. The highest BCUT2D eigenvalue weighted by molar-refractivity contribution is 5.92. The van der Waals surface area contributed by atoms with Crippen LogP contribution in [0.3, 0.4) is 0 Å². The van der Waals surface area contributed by atoms with Gasteiger partial charge in [-0.05, 0) is 23.6 Å². The van der Waals surface area contributed by atoms with Gasteiger partial charge in [-0.3, -0.25) is 14.9 Å². The average Bonchev–Trinajstić information content (AvgIpc) is 2.71. The normalized spacial score (nSPS) is 15.8. The van der Waals surface area contributed by atoms with Crippen molar-refractivity contribution in [1.82, 2.24) is 4.90 Å². The van der Waals surface area contributed by atoms with Crippen molar-refractivity contribution in [3.63, 3.8) is 0 Å². The molecule has 27 heavy (non-hydrogen) atoms. The second kappa shape index (κ2) is 7.20. The predicted octanol–water partition coefficient (Wildman–Crippen LogP) is 3.06. The lowest BCUT2D eigenvalue weighted by Gasteiger charge is -2.28. The minimum atomic E-state index is -0.463. The van der Waals surface area contributed by atoms with Gasteiger partial charge in [0.1, 0.15) is 5.75 Å². The van der Waals surface area contributed by atoms with E-state index in [9.17, 15) is 14.9 Å². The largest absolute Gasteiger partial charge is 0.467 e. The van der Waals surface area contributed by atoms with Gasteiger partial charge in [0.15, 0.2) is 6.79 Å². The van der Waals surface area contributed by atoms with Gasteiger partial charge in [0.2, 0.25) is 5.91 Å². The van der Waals surface area contributed by atoms with Crippen molar-refractivity contribution in [3.8, 4) is 5.75 Å². The standard InChI is InChI=1S/C20H18N2O5/c23-19(21-8-7-14-3-1-2-4-16(14)11-21)6-5-15-9-18(22(24)25)10-17-12-26-13-27-20(15)17/h1-6,9-10H,7-8,11-13H2. The third-order valence-corrected chi connectivity index (χ3v) is 4.78. The third-order valence-electron chi connectivity index (χ3n) is 4.78. The lowest BCUT2D eigenvalue weighted by Crippen LogP contribution is -2.34. The molecule has 2 aliphatic heterocycles. The second-order valence-electron chi connectivity index (χ2n) is 6.50. The minimum absolute atomic E-state index is 0.0538. The second-order valence-corrected chi connectivity index (χ2v) is 6.50. The molecule has 7 nitrogen and oxygen atoms in total. The van der Waals surface area contributed by atoms with Gasteiger partial charge in [0.25, 0.3) is 5.69 Å². The van der Waals surface area contributed by atoms with Crippen LogP contribution >= 0.6 is 0 Å². The van der Waals surface area contributed by atoms with Crippen LogP contribution in [-0.4, -0.2) is 29.1 Å². The van der Waals surface area contributed by atoms with Crippen LogP contribution in [0.15, 0.2) is 42.5 Å². The van der Waals surface area contributed by atoms with Crippen LogP contribution in [-0.2, 0) is 29.1 Å². The number of nitrogens with zero attached hydrogens (tertiary/aromatic N) is 2. The molecule has 2 aromatic rings. The van der Waals surface area contributed by atoms with Crippen molar-refractivity contribution in [1.29, 1.82) is 0 Å². The van der Waals surface area contributed by atoms with Crippen LogP contribution < -0.4 is 4.74 Å². The maximum atomic E-state index is 12.6. The Bertz CT molecular complexity index is 938. The van der Waals surface area contributed by atoms with Crippen LogP contribution in [0.1, 0.15) is 22.3 Å². The smallest absolute Gasteiger partial charge is 0.270 e. The summed E-state index contributed by atoms with van der Waals surface area (Å²) in [5, 5.41) is 11.2. The van der Waals surface area contributed by atoms with E-state index in [4.69, 9.17) is 9.47 Å². The van der Waals surface area contributed by atoms with Gasteiger partial charge < -0.3 is 14.4 Å². The van der Waals surface area contributed by atoms with Gasteiger partial charge in [-0.1, -0.05) is 24.3 Å². The minimum Gasteiger partial charge on any atom is -0.467 e. The molecule has 0 spiro atoms. The number of benzene rings is 2. The van der Waals surface area contributed by atoms with E-state index in [1.807, 2.05) is 18.2 Å². The number of non-ortho nitro benzene ring substituents is 1. The van der Waals surface area contributed by atoms with Crippen molar-refractivity contribution in [3.05, 3.63) is 74.8 Å². The first-order valence-corrected chi connectivity index (χ1v) is 8.67. The van der Waals surface area contributed by atoms with Gasteiger partial charge in [-0.15, -0.1) is 0 Å². The molecular weight excluding hydrogens is 348 g/mol. The summed E-state index contributed by atoms with van der Waals surface area (Å²) in [7, 11) is 0. The van der Waals surface area contributed by atoms with E-state index >= 15 is 0 Å². The van der Waals surface area contributed by atoms with E-state index in [1.165, 1.54) is 23.8 Å². The molecule has 0 aliphatic carbocycles. The van der Waals surface area contributed by atoms with Crippen LogP contribution in [0.2, 0.25) is 0 Å². The Labute approximate surface area is 156 Å². The maximum absolute atomic E-state index is 12.6. The molecule has 0 radical (unpaired) electrons. The average molecular weight is 366 g/mol. The first-order valence-electron chi connectivity index (χ1n) is 8.67. The summed E-state index contributed by atoms with van der Waals surface area (Å²) in [4.78, 5) is 25.1. The van der Waals surface area contributed by atoms with Gasteiger partial charge >= 0.3 is 0 Å². The molecule has 138 valence electrons. The van der Waals surface area contributed by atoms with Crippen LogP contribution in [0.5, 0.6) is 5.75 Å². The molecule has 0 fully saturated rings. The number of nitro groups is 1. The van der Waals surface area contributed by atoms with Crippen molar-refractivity contribution in [2.24, 2.45) is 0 Å². The van der Waals surface area contributed by atoms with Gasteiger partial charge in [0.05, 0.1) is 11.5 Å². The number of nitro benzene ring substituents is 1. The zero-order valence-electron chi connectivity index (χ0n) is 14.6. The molecular formula is C20H18N2O5. The van der Waals surface area contributed by atoms with Crippen molar-refractivity contribution in [2.75, 3.05) is 13.3 Å². The lowest BCUT2D eigenvalue weighted by atomic mass is 10.00. The number of fused-ring (bicyclic) bond motifs is 2. The van der Waals surface area contributed by atoms with Crippen LogP contribution in [0, 0.1) is 10.1 Å². The number of hydrogen-bond acceptors (Lipinski definition) is 5. The van der Waals surface area contributed by atoms with E-state index < -0.39 is 4.92 Å². The van der Waals surface area contributed by atoms with E-state index in [1.54, 1.807) is 11.0 Å². The van der Waals surface area contributed by atoms with Gasteiger partial charge in [-0.2, -0.15) is 0 Å². The molecule has 4 rings (SSSR count). The highest BCUT2D eigenvalue weighted by atomic mass is 16.7. The van der Waals surface area contributed by atoms with Crippen molar-refractivity contribution >= 4 is 17.7 Å². The molecule has 0 saturated heterocycles. The Morgan fingerprint density at radius 3 is 2.81 bits per heavy atom. The topological polar surface area (TPSA) is 81.9 Å². The Kier molecular flexibility index (Phi) is 4.60. The van der Waals surface area contributed by atoms with Crippen LogP contribution in [0.4, 0.5) is 5.69 Å². The molecule has 0 bridgehead atoms. The summed E-state index contributed by atoms with van der Waals surface area (Å²) >= 11 is 0. The van der Waals surface area contributed by atoms with E-state index in [2.05, 4.69) is 6.07 Å². The summed E-state index contributed by atoms with van der Waals surface area (Å²) in [6, 6.07) is 10.9. The zero-order chi connectivity index (χ0) is 18.8. The summed E-state index contributed by atoms with van der Waals surface area (Å²) in [6.45, 7) is 1.55. The third kappa shape index (κ3) is 3.54. The van der Waals surface area contributed by atoms with Crippen molar-refractivity contribution in [2.45, 2.75) is 19.6 Å².